The molecule has 1 heterocycles. The molecule has 4 heteroatoms. The van der Waals surface area contributed by atoms with Gasteiger partial charge in [-0.3, -0.25) is 0 Å². The predicted octanol–water partition coefficient (Wildman–Crippen LogP) is 3.27. The zero-order chi connectivity index (χ0) is 15.1. The molecule has 0 bridgehead atoms. The minimum absolute atomic E-state index is 0.0314. The second-order valence-corrected chi connectivity index (χ2v) is 6.17. The lowest BCUT2D eigenvalue weighted by Gasteiger charge is -2.16. The Morgan fingerprint density at radius 1 is 1.19 bits per heavy atom. The lowest BCUT2D eigenvalue weighted by Crippen LogP contribution is -2.25. The van der Waals surface area contributed by atoms with Crippen LogP contribution in [0.2, 0.25) is 0 Å². The maximum absolute atomic E-state index is 6.26. The second-order valence-electron chi connectivity index (χ2n) is 5.23. The number of likely N-dealkylation sites (N-methyl/N-ethyl adjacent to an activating group) is 1. The number of nitrogens with zero attached hydrogens (tertiary/aromatic N) is 2. The Labute approximate surface area is 131 Å². The molecule has 21 heavy (non-hydrogen) atoms. The van der Waals surface area contributed by atoms with Gasteiger partial charge in [-0.2, -0.15) is 0 Å². The molecular formula is C17H25N3S. The van der Waals surface area contributed by atoms with E-state index >= 15 is 0 Å². The molecule has 0 radical (unpaired) electrons. The Kier molecular flexibility index (Phi) is 6.36. The first-order valence-corrected chi connectivity index (χ1v) is 8.57. The first kappa shape index (κ1) is 16.1. The molecule has 1 aromatic heterocycles. The fourth-order valence-electron chi connectivity index (χ4n) is 2.39. The average Bonchev–Trinajstić information content (AvgIpc) is 2.96. The Hall–Kier alpha value is -1.23. The van der Waals surface area contributed by atoms with Crippen molar-refractivity contribution in [3.8, 4) is 0 Å². The summed E-state index contributed by atoms with van der Waals surface area (Å²) in [6.07, 6.45) is 1.85. The van der Waals surface area contributed by atoms with E-state index in [1.807, 2.05) is 18.2 Å². The van der Waals surface area contributed by atoms with E-state index in [0.717, 1.165) is 38.2 Å². The number of hydrogen-bond acceptors (Lipinski definition) is 4. The molecule has 0 saturated carbocycles. The monoisotopic (exact) mass is 303 g/mol. The van der Waals surface area contributed by atoms with Crippen molar-refractivity contribution in [3.05, 3.63) is 52.0 Å². The van der Waals surface area contributed by atoms with Gasteiger partial charge in [0, 0.05) is 30.8 Å². The van der Waals surface area contributed by atoms with Crippen molar-refractivity contribution >= 4 is 11.3 Å². The minimum atomic E-state index is 0.0314. The van der Waals surface area contributed by atoms with E-state index in [1.54, 1.807) is 11.3 Å². The van der Waals surface area contributed by atoms with Crippen molar-refractivity contribution in [1.29, 1.82) is 0 Å². The van der Waals surface area contributed by atoms with E-state index in [2.05, 4.69) is 36.3 Å². The van der Waals surface area contributed by atoms with E-state index in [1.165, 1.54) is 10.6 Å². The van der Waals surface area contributed by atoms with Gasteiger partial charge in [0.2, 0.25) is 0 Å². The van der Waals surface area contributed by atoms with E-state index in [4.69, 9.17) is 10.7 Å². The van der Waals surface area contributed by atoms with Crippen LogP contribution in [0.4, 0.5) is 0 Å². The van der Waals surface area contributed by atoms with E-state index in [9.17, 15) is 0 Å². The molecule has 2 aromatic rings. The van der Waals surface area contributed by atoms with Crippen molar-refractivity contribution in [2.75, 3.05) is 19.6 Å². The number of benzene rings is 1. The van der Waals surface area contributed by atoms with Crippen molar-refractivity contribution in [2.45, 2.75) is 32.7 Å². The summed E-state index contributed by atoms with van der Waals surface area (Å²) in [6.45, 7) is 7.71. The Morgan fingerprint density at radius 2 is 1.90 bits per heavy atom. The molecular weight excluding hydrogens is 278 g/mol. The minimum Gasteiger partial charge on any atom is -0.324 e. The lowest BCUT2D eigenvalue weighted by molar-refractivity contribution is 0.308. The van der Waals surface area contributed by atoms with Gasteiger partial charge >= 0.3 is 0 Å². The maximum atomic E-state index is 6.26. The summed E-state index contributed by atoms with van der Waals surface area (Å²) in [5.74, 6) is 0. The molecule has 1 aromatic carbocycles. The second kappa shape index (κ2) is 8.27. The van der Waals surface area contributed by atoms with Gasteiger partial charge in [0.15, 0.2) is 0 Å². The van der Waals surface area contributed by atoms with E-state index < -0.39 is 0 Å². The molecule has 114 valence electrons. The molecule has 0 amide bonds. The smallest absolute Gasteiger partial charge is 0.0941 e. The molecule has 2 rings (SSSR count). The van der Waals surface area contributed by atoms with Gasteiger partial charge in [-0.15, -0.1) is 11.3 Å². The molecule has 2 N–H and O–H groups in total. The predicted molar refractivity (Wildman–Crippen MR) is 90.7 cm³/mol. The quantitative estimate of drug-likeness (QED) is 0.814. The van der Waals surface area contributed by atoms with Crippen molar-refractivity contribution in [2.24, 2.45) is 5.73 Å². The summed E-state index contributed by atoms with van der Waals surface area (Å²) < 4.78 is 0. The summed E-state index contributed by atoms with van der Waals surface area (Å²) in [4.78, 5) is 7.16. The number of thiazole rings is 1. The molecule has 0 saturated heterocycles. The van der Waals surface area contributed by atoms with Crippen LogP contribution in [0.15, 0.2) is 35.7 Å². The molecule has 0 aliphatic heterocycles. The van der Waals surface area contributed by atoms with Crippen LogP contribution in [-0.4, -0.2) is 29.5 Å². The summed E-state index contributed by atoms with van der Waals surface area (Å²) in [5, 5.41) is 3.37. The van der Waals surface area contributed by atoms with E-state index in [-0.39, 0.29) is 6.04 Å². The Balaban J connectivity index is 1.88. The zero-order valence-corrected chi connectivity index (χ0v) is 13.8. The van der Waals surface area contributed by atoms with Crippen molar-refractivity contribution in [1.82, 2.24) is 9.88 Å². The fraction of sp³-hybridized carbons (Fsp3) is 0.471. The van der Waals surface area contributed by atoms with Gasteiger partial charge in [-0.25, -0.2) is 4.98 Å². The van der Waals surface area contributed by atoms with Crippen LogP contribution in [0.25, 0.3) is 0 Å². The molecule has 1 unspecified atom stereocenters. The highest BCUT2D eigenvalue weighted by molar-refractivity contribution is 7.09. The fourth-order valence-corrected chi connectivity index (χ4v) is 3.19. The lowest BCUT2D eigenvalue weighted by atomic mass is 10.0. The first-order chi connectivity index (χ1) is 10.2. The van der Waals surface area contributed by atoms with Crippen molar-refractivity contribution < 1.29 is 0 Å². The summed E-state index contributed by atoms with van der Waals surface area (Å²) in [6, 6.07) is 10.3. The highest BCUT2D eigenvalue weighted by Crippen LogP contribution is 2.18. The van der Waals surface area contributed by atoms with Gasteiger partial charge in [-0.05, 0) is 18.7 Å². The highest BCUT2D eigenvalue weighted by Gasteiger charge is 2.10. The van der Waals surface area contributed by atoms with Crippen LogP contribution in [-0.2, 0) is 12.8 Å². The van der Waals surface area contributed by atoms with Crippen LogP contribution >= 0.6 is 11.3 Å². The maximum Gasteiger partial charge on any atom is 0.0941 e. The van der Waals surface area contributed by atoms with Crippen LogP contribution < -0.4 is 5.73 Å². The number of hydrogen-bond donors (Lipinski definition) is 1. The third-order valence-electron chi connectivity index (χ3n) is 3.79. The van der Waals surface area contributed by atoms with Gasteiger partial charge in [0.05, 0.1) is 10.7 Å². The normalized spacial score (nSPS) is 12.8. The van der Waals surface area contributed by atoms with Gasteiger partial charge in [0.1, 0.15) is 0 Å². The first-order valence-electron chi connectivity index (χ1n) is 7.69. The van der Waals surface area contributed by atoms with Crippen molar-refractivity contribution in [3.63, 3.8) is 0 Å². The third-order valence-corrected chi connectivity index (χ3v) is 4.75. The molecule has 0 aliphatic carbocycles. The van der Waals surface area contributed by atoms with E-state index in [0.29, 0.717) is 0 Å². The van der Waals surface area contributed by atoms with Crippen LogP contribution in [0.1, 0.15) is 36.2 Å². The standard InChI is InChI=1S/C17H25N3S/c1-3-20(4-2)11-10-17-19-15(13-21-17)12-16(18)14-8-6-5-7-9-14/h5-9,13,16H,3-4,10-12,18H2,1-2H3. The summed E-state index contributed by atoms with van der Waals surface area (Å²) in [5.41, 5.74) is 8.55. The van der Waals surface area contributed by atoms with Crippen LogP contribution in [0.5, 0.6) is 0 Å². The van der Waals surface area contributed by atoms with Gasteiger partial charge in [0.25, 0.3) is 0 Å². The zero-order valence-electron chi connectivity index (χ0n) is 13.0. The molecule has 0 aliphatic rings. The highest BCUT2D eigenvalue weighted by atomic mass is 32.1. The Morgan fingerprint density at radius 3 is 2.57 bits per heavy atom. The van der Waals surface area contributed by atoms with Crippen LogP contribution in [0.3, 0.4) is 0 Å². The summed E-state index contributed by atoms with van der Waals surface area (Å²) in [7, 11) is 0. The van der Waals surface area contributed by atoms with Gasteiger partial charge in [-0.1, -0.05) is 44.2 Å². The Bertz CT molecular complexity index is 520. The average molecular weight is 303 g/mol. The third kappa shape index (κ3) is 4.92. The molecule has 0 fully saturated rings. The number of nitrogens with two attached hydrogens (primary N) is 1. The molecule has 0 spiro atoms. The molecule has 3 nitrogen and oxygen atoms in total. The van der Waals surface area contributed by atoms with Gasteiger partial charge < -0.3 is 10.6 Å². The van der Waals surface area contributed by atoms with Crippen LogP contribution in [0, 0.1) is 0 Å². The molecule has 1 atom stereocenters. The topological polar surface area (TPSA) is 42.2 Å². The number of rotatable bonds is 8. The SMILES string of the molecule is CCN(CC)CCc1nc(CC(N)c2ccccc2)cs1. The number of aromatic nitrogens is 1. The largest absolute Gasteiger partial charge is 0.324 e. The summed E-state index contributed by atoms with van der Waals surface area (Å²) >= 11 is 1.76.